The first kappa shape index (κ1) is 12.9. The second-order valence-corrected chi connectivity index (χ2v) is 3.45. The Morgan fingerprint density at radius 2 is 1.94 bits per heavy atom. The predicted octanol–water partition coefficient (Wildman–Crippen LogP) is 2.19. The zero-order valence-corrected chi connectivity index (χ0v) is 9.24. The summed E-state index contributed by atoms with van der Waals surface area (Å²) in [6.07, 6.45) is 1.29. The minimum Gasteiger partial charge on any atom is -0.478 e. The van der Waals surface area contributed by atoms with E-state index in [0.717, 1.165) is 0 Å². The first-order valence-electron chi connectivity index (χ1n) is 4.94. The van der Waals surface area contributed by atoms with Crippen LogP contribution in [-0.4, -0.2) is 17.0 Å². The molecular formula is C12H12FNO3. The summed E-state index contributed by atoms with van der Waals surface area (Å²) in [6, 6.07) is 5.32. The number of hydrogen-bond acceptors (Lipinski definition) is 2. The molecule has 0 unspecified atom stereocenters. The summed E-state index contributed by atoms with van der Waals surface area (Å²) in [5.41, 5.74) is 0.581. The molecule has 0 spiro atoms. The second-order valence-electron chi connectivity index (χ2n) is 3.45. The number of halogens is 1. The number of benzene rings is 1. The molecule has 0 aliphatic carbocycles. The molecule has 5 heteroatoms. The van der Waals surface area contributed by atoms with Gasteiger partial charge in [-0.05, 0) is 31.2 Å². The van der Waals surface area contributed by atoms with Gasteiger partial charge >= 0.3 is 5.97 Å². The Kier molecular flexibility index (Phi) is 4.39. The van der Waals surface area contributed by atoms with Crippen LogP contribution in [0.5, 0.6) is 0 Å². The standard InChI is InChI=1S/C12H12FNO3/c1-8(12(16)17)2-7-11(15)14-10-5-3-9(13)4-6-10/h2-6H,7H2,1H3,(H,14,15)(H,16,17). The minimum absolute atomic E-state index is 0.0322. The van der Waals surface area contributed by atoms with Crippen LogP contribution in [0.4, 0.5) is 10.1 Å². The summed E-state index contributed by atoms with van der Waals surface area (Å²) >= 11 is 0. The molecular weight excluding hydrogens is 225 g/mol. The van der Waals surface area contributed by atoms with E-state index in [-0.39, 0.29) is 23.7 Å². The van der Waals surface area contributed by atoms with Gasteiger partial charge in [0.15, 0.2) is 0 Å². The maximum atomic E-state index is 12.6. The van der Waals surface area contributed by atoms with Crippen LogP contribution >= 0.6 is 0 Å². The molecule has 0 aliphatic rings. The van der Waals surface area contributed by atoms with Crippen molar-refractivity contribution in [2.45, 2.75) is 13.3 Å². The average Bonchev–Trinajstić information content (AvgIpc) is 2.29. The number of carboxylic acid groups (broad SMARTS) is 1. The lowest BCUT2D eigenvalue weighted by molar-refractivity contribution is -0.132. The monoisotopic (exact) mass is 237 g/mol. The average molecular weight is 237 g/mol. The Morgan fingerprint density at radius 3 is 2.47 bits per heavy atom. The van der Waals surface area contributed by atoms with Crippen molar-refractivity contribution >= 4 is 17.6 Å². The van der Waals surface area contributed by atoms with Crippen molar-refractivity contribution in [3.8, 4) is 0 Å². The van der Waals surface area contributed by atoms with Crippen molar-refractivity contribution in [1.29, 1.82) is 0 Å². The summed E-state index contributed by atoms with van der Waals surface area (Å²) in [5, 5.41) is 11.1. The highest BCUT2D eigenvalue weighted by Crippen LogP contribution is 2.08. The Balaban J connectivity index is 2.53. The van der Waals surface area contributed by atoms with Gasteiger partial charge in [0, 0.05) is 17.7 Å². The quantitative estimate of drug-likeness (QED) is 0.789. The highest BCUT2D eigenvalue weighted by atomic mass is 19.1. The Morgan fingerprint density at radius 1 is 1.35 bits per heavy atom. The van der Waals surface area contributed by atoms with Crippen molar-refractivity contribution in [1.82, 2.24) is 0 Å². The second kappa shape index (κ2) is 5.79. The van der Waals surface area contributed by atoms with Gasteiger partial charge < -0.3 is 10.4 Å². The van der Waals surface area contributed by atoms with Crippen molar-refractivity contribution < 1.29 is 19.1 Å². The highest BCUT2D eigenvalue weighted by molar-refractivity contribution is 5.93. The third-order valence-electron chi connectivity index (χ3n) is 2.06. The molecule has 1 rings (SSSR count). The molecule has 0 bridgehead atoms. The predicted molar refractivity (Wildman–Crippen MR) is 61.0 cm³/mol. The molecule has 0 radical (unpaired) electrons. The van der Waals surface area contributed by atoms with Crippen molar-refractivity contribution in [2.24, 2.45) is 0 Å². The van der Waals surface area contributed by atoms with E-state index in [4.69, 9.17) is 5.11 Å². The van der Waals surface area contributed by atoms with Crippen LogP contribution < -0.4 is 5.32 Å². The smallest absolute Gasteiger partial charge is 0.330 e. The van der Waals surface area contributed by atoms with Crippen LogP contribution in [0.15, 0.2) is 35.9 Å². The summed E-state index contributed by atoms with van der Waals surface area (Å²) in [5.74, 6) is -1.79. The Bertz CT molecular complexity index is 451. The molecule has 90 valence electrons. The topological polar surface area (TPSA) is 66.4 Å². The zero-order valence-electron chi connectivity index (χ0n) is 9.24. The molecule has 0 aliphatic heterocycles. The van der Waals surface area contributed by atoms with E-state index in [2.05, 4.69) is 5.32 Å². The fraction of sp³-hybridized carbons (Fsp3) is 0.167. The van der Waals surface area contributed by atoms with Crippen molar-refractivity contribution in [3.63, 3.8) is 0 Å². The molecule has 1 aromatic carbocycles. The molecule has 1 amide bonds. The molecule has 1 aromatic rings. The van der Waals surface area contributed by atoms with Crippen molar-refractivity contribution in [3.05, 3.63) is 41.7 Å². The first-order valence-corrected chi connectivity index (χ1v) is 4.94. The Labute approximate surface area is 97.8 Å². The third kappa shape index (κ3) is 4.46. The van der Waals surface area contributed by atoms with E-state index in [0.29, 0.717) is 5.69 Å². The summed E-state index contributed by atoms with van der Waals surface area (Å²) in [7, 11) is 0. The molecule has 17 heavy (non-hydrogen) atoms. The normalized spacial score (nSPS) is 11.1. The SMILES string of the molecule is CC(=CCC(=O)Nc1ccc(F)cc1)C(=O)O. The number of carbonyl (C=O) groups is 2. The number of amides is 1. The van der Waals surface area contributed by atoms with Gasteiger partial charge in [-0.2, -0.15) is 0 Å². The van der Waals surface area contributed by atoms with Gasteiger partial charge in [-0.1, -0.05) is 6.08 Å². The fourth-order valence-electron chi connectivity index (χ4n) is 1.08. The van der Waals surface area contributed by atoms with Gasteiger partial charge in [0.2, 0.25) is 5.91 Å². The summed E-state index contributed by atoms with van der Waals surface area (Å²) in [4.78, 5) is 21.8. The lowest BCUT2D eigenvalue weighted by Crippen LogP contribution is -2.10. The lowest BCUT2D eigenvalue weighted by atomic mass is 10.2. The van der Waals surface area contributed by atoms with Crippen LogP contribution in [0.1, 0.15) is 13.3 Å². The maximum absolute atomic E-state index is 12.6. The van der Waals surface area contributed by atoms with Gasteiger partial charge in [-0.3, -0.25) is 4.79 Å². The van der Waals surface area contributed by atoms with E-state index in [9.17, 15) is 14.0 Å². The van der Waals surface area contributed by atoms with Crippen molar-refractivity contribution in [2.75, 3.05) is 5.32 Å². The van der Waals surface area contributed by atoms with E-state index in [1.54, 1.807) is 0 Å². The van der Waals surface area contributed by atoms with Gasteiger partial charge in [-0.15, -0.1) is 0 Å². The first-order chi connectivity index (χ1) is 7.99. The van der Waals surface area contributed by atoms with Crippen LogP contribution in [0, 0.1) is 5.82 Å². The van der Waals surface area contributed by atoms with E-state index >= 15 is 0 Å². The Hall–Kier alpha value is -2.17. The zero-order chi connectivity index (χ0) is 12.8. The molecule has 0 fully saturated rings. The molecule has 4 nitrogen and oxygen atoms in total. The fourth-order valence-corrected chi connectivity index (χ4v) is 1.08. The largest absolute Gasteiger partial charge is 0.478 e. The highest BCUT2D eigenvalue weighted by Gasteiger charge is 2.03. The molecule has 0 aromatic heterocycles. The number of carboxylic acids is 1. The molecule has 0 saturated heterocycles. The van der Waals surface area contributed by atoms with Crippen LogP contribution in [0.3, 0.4) is 0 Å². The van der Waals surface area contributed by atoms with Gasteiger partial charge in [0.05, 0.1) is 0 Å². The molecule has 0 heterocycles. The van der Waals surface area contributed by atoms with Crippen LogP contribution in [-0.2, 0) is 9.59 Å². The molecule has 0 saturated carbocycles. The number of rotatable bonds is 4. The number of carbonyl (C=O) groups excluding carboxylic acids is 1. The molecule has 0 atom stereocenters. The third-order valence-corrected chi connectivity index (χ3v) is 2.06. The van der Waals surface area contributed by atoms with Crippen LogP contribution in [0.2, 0.25) is 0 Å². The number of aliphatic carboxylic acids is 1. The number of nitrogens with one attached hydrogen (secondary N) is 1. The summed E-state index contributed by atoms with van der Waals surface area (Å²) in [6.45, 7) is 1.41. The van der Waals surface area contributed by atoms with Gasteiger partial charge in [-0.25, -0.2) is 9.18 Å². The number of hydrogen-bond donors (Lipinski definition) is 2. The van der Waals surface area contributed by atoms with E-state index < -0.39 is 5.97 Å². The van der Waals surface area contributed by atoms with Gasteiger partial charge in [0.1, 0.15) is 5.82 Å². The van der Waals surface area contributed by atoms with Gasteiger partial charge in [0.25, 0.3) is 0 Å². The minimum atomic E-state index is -1.06. The van der Waals surface area contributed by atoms with Crippen LogP contribution in [0.25, 0.3) is 0 Å². The number of anilines is 1. The molecule has 2 N–H and O–H groups in total. The lowest BCUT2D eigenvalue weighted by Gasteiger charge is -2.03. The van der Waals surface area contributed by atoms with E-state index in [1.165, 1.54) is 37.3 Å². The maximum Gasteiger partial charge on any atom is 0.330 e. The van der Waals surface area contributed by atoms with E-state index in [1.807, 2.05) is 0 Å². The summed E-state index contributed by atoms with van der Waals surface area (Å²) < 4.78 is 12.6.